The van der Waals surface area contributed by atoms with Gasteiger partial charge in [-0.15, -0.1) is 10.2 Å². The Morgan fingerprint density at radius 3 is 2.48 bits per heavy atom. The van der Waals surface area contributed by atoms with E-state index in [0.29, 0.717) is 13.2 Å². The second-order valence-corrected chi connectivity index (χ2v) is 6.92. The number of para-hydroxylation sites is 2. The molecule has 0 saturated carbocycles. The molecule has 4 rings (SSSR count). The molecule has 0 aliphatic rings. The lowest BCUT2D eigenvalue weighted by molar-refractivity contribution is 0.279. The molecule has 0 aliphatic carbocycles. The van der Waals surface area contributed by atoms with Gasteiger partial charge in [-0.2, -0.15) is 0 Å². The van der Waals surface area contributed by atoms with Crippen LogP contribution in [0.4, 0.5) is 0 Å². The molecule has 27 heavy (non-hydrogen) atoms. The highest BCUT2D eigenvalue weighted by atomic mass is 32.2. The number of benzene rings is 2. The van der Waals surface area contributed by atoms with Crippen molar-refractivity contribution in [1.82, 2.24) is 19.2 Å². The van der Waals surface area contributed by atoms with Gasteiger partial charge in [0.1, 0.15) is 11.5 Å². The van der Waals surface area contributed by atoms with Crippen LogP contribution in [0.15, 0.2) is 53.7 Å². The molecule has 0 atom stereocenters. The lowest BCUT2D eigenvalue weighted by atomic mass is 10.3. The summed E-state index contributed by atoms with van der Waals surface area (Å²) in [6.45, 7) is 1.10. The van der Waals surface area contributed by atoms with Crippen LogP contribution in [0, 0.1) is 0 Å². The molecule has 0 radical (unpaired) electrons. The first kappa shape index (κ1) is 17.7. The van der Waals surface area contributed by atoms with E-state index in [9.17, 15) is 5.11 Å². The highest BCUT2D eigenvalue weighted by molar-refractivity contribution is 7.99. The molecule has 2 aromatic carbocycles. The van der Waals surface area contributed by atoms with E-state index in [4.69, 9.17) is 9.47 Å². The minimum atomic E-state index is 0.0549. The maximum atomic E-state index is 9.37. The van der Waals surface area contributed by atoms with Gasteiger partial charge in [-0.1, -0.05) is 23.9 Å². The van der Waals surface area contributed by atoms with Crippen molar-refractivity contribution in [3.05, 3.63) is 48.5 Å². The molecule has 0 saturated heterocycles. The van der Waals surface area contributed by atoms with Crippen LogP contribution in [0.2, 0.25) is 0 Å². The van der Waals surface area contributed by atoms with E-state index in [1.54, 1.807) is 18.9 Å². The molecule has 0 spiro atoms. The summed E-state index contributed by atoms with van der Waals surface area (Å²) in [4.78, 5) is 0. The van der Waals surface area contributed by atoms with Crippen LogP contribution >= 0.6 is 11.8 Å². The Balaban J connectivity index is 1.48. The van der Waals surface area contributed by atoms with Crippen molar-refractivity contribution in [3.8, 4) is 11.5 Å². The van der Waals surface area contributed by atoms with Crippen LogP contribution in [0.5, 0.6) is 11.5 Å². The highest BCUT2D eigenvalue weighted by Crippen LogP contribution is 2.26. The zero-order valence-corrected chi connectivity index (χ0v) is 15.7. The number of aliphatic hydroxyl groups excluding tert-OH is 1. The van der Waals surface area contributed by atoms with Crippen molar-refractivity contribution in [1.29, 1.82) is 0 Å². The first-order valence-corrected chi connectivity index (χ1v) is 9.63. The molecule has 1 N–H and O–H groups in total. The van der Waals surface area contributed by atoms with Gasteiger partial charge in [0.05, 0.1) is 31.4 Å². The van der Waals surface area contributed by atoms with Gasteiger partial charge in [-0.05, 0) is 36.4 Å². The number of ether oxygens (including phenoxy) is 2. The first-order valence-electron chi connectivity index (χ1n) is 8.64. The molecular weight excluding hydrogens is 364 g/mol. The van der Waals surface area contributed by atoms with Gasteiger partial charge >= 0.3 is 0 Å². The van der Waals surface area contributed by atoms with Crippen LogP contribution in [-0.2, 0) is 6.54 Å². The molecule has 0 unspecified atom stereocenters. The van der Waals surface area contributed by atoms with Crippen molar-refractivity contribution in [2.45, 2.75) is 11.7 Å². The van der Waals surface area contributed by atoms with E-state index in [0.717, 1.165) is 39.2 Å². The third-order valence-electron chi connectivity index (χ3n) is 4.24. The molecule has 2 aromatic heterocycles. The molecule has 7 nitrogen and oxygen atoms in total. The zero-order valence-electron chi connectivity index (χ0n) is 14.9. The standard InChI is InChI=1S/C19H20N4O3S/c1-25-14-6-8-15(9-7-14)26-12-13-27-19-21-20-18-22(10-11-24)16-4-2-3-5-17(16)23(18)19/h2-9,24H,10-13H2,1H3. The van der Waals surface area contributed by atoms with E-state index in [2.05, 4.69) is 10.2 Å². The fraction of sp³-hybridized carbons (Fsp3) is 0.263. The fourth-order valence-electron chi connectivity index (χ4n) is 3.02. The van der Waals surface area contributed by atoms with Crippen molar-refractivity contribution in [2.75, 3.05) is 26.1 Å². The molecule has 8 heteroatoms. The number of rotatable bonds is 8. The van der Waals surface area contributed by atoms with E-state index < -0.39 is 0 Å². The monoisotopic (exact) mass is 384 g/mol. The average Bonchev–Trinajstić information content (AvgIpc) is 3.26. The van der Waals surface area contributed by atoms with Crippen molar-refractivity contribution < 1.29 is 14.6 Å². The minimum Gasteiger partial charge on any atom is -0.497 e. The second-order valence-electron chi connectivity index (χ2n) is 5.85. The normalized spacial score (nSPS) is 11.3. The molecule has 140 valence electrons. The Kier molecular flexibility index (Phi) is 5.17. The van der Waals surface area contributed by atoms with Crippen molar-refractivity contribution >= 4 is 28.6 Å². The predicted octanol–water partition coefficient (Wildman–Crippen LogP) is 2.86. The van der Waals surface area contributed by atoms with Crippen LogP contribution < -0.4 is 9.47 Å². The number of hydrogen-bond donors (Lipinski definition) is 1. The van der Waals surface area contributed by atoms with Gasteiger partial charge in [0.2, 0.25) is 5.78 Å². The maximum absolute atomic E-state index is 9.37. The summed E-state index contributed by atoms with van der Waals surface area (Å²) < 4.78 is 14.9. The maximum Gasteiger partial charge on any atom is 0.237 e. The van der Waals surface area contributed by atoms with Crippen LogP contribution in [-0.4, -0.2) is 50.3 Å². The molecule has 0 bridgehead atoms. The van der Waals surface area contributed by atoms with Gasteiger partial charge in [-0.3, -0.25) is 4.40 Å². The second kappa shape index (κ2) is 7.89. The Morgan fingerprint density at radius 1 is 1.00 bits per heavy atom. The number of imidazole rings is 1. The summed E-state index contributed by atoms with van der Waals surface area (Å²) in [7, 11) is 1.64. The zero-order chi connectivity index (χ0) is 18.6. The van der Waals surface area contributed by atoms with Crippen molar-refractivity contribution in [2.24, 2.45) is 0 Å². The molecule has 0 amide bonds. The largest absolute Gasteiger partial charge is 0.497 e. The number of aliphatic hydroxyl groups is 1. The highest BCUT2D eigenvalue weighted by Gasteiger charge is 2.16. The van der Waals surface area contributed by atoms with Crippen LogP contribution in [0.25, 0.3) is 16.8 Å². The van der Waals surface area contributed by atoms with E-state index >= 15 is 0 Å². The van der Waals surface area contributed by atoms with Gasteiger partial charge < -0.3 is 19.1 Å². The molecular formula is C19H20N4O3S. The third kappa shape index (κ3) is 3.45. The SMILES string of the molecule is COc1ccc(OCCSc2nnc3n(CCO)c4ccccc4n23)cc1. The number of nitrogens with zero attached hydrogens (tertiary/aromatic N) is 4. The number of thioether (sulfide) groups is 1. The first-order chi connectivity index (χ1) is 13.3. The van der Waals surface area contributed by atoms with E-state index in [-0.39, 0.29) is 6.61 Å². The Labute approximate surface area is 160 Å². The number of aromatic nitrogens is 4. The van der Waals surface area contributed by atoms with Gasteiger partial charge in [0.25, 0.3) is 0 Å². The Bertz CT molecular complexity index is 1040. The van der Waals surface area contributed by atoms with Gasteiger partial charge in [0.15, 0.2) is 5.16 Å². The lowest BCUT2D eigenvalue weighted by Crippen LogP contribution is -2.02. The van der Waals surface area contributed by atoms with E-state index in [1.807, 2.05) is 57.5 Å². The topological polar surface area (TPSA) is 73.8 Å². The summed E-state index contributed by atoms with van der Waals surface area (Å²) in [5.74, 6) is 3.10. The minimum absolute atomic E-state index is 0.0549. The summed E-state index contributed by atoms with van der Waals surface area (Å²) in [6, 6.07) is 15.6. The van der Waals surface area contributed by atoms with E-state index in [1.165, 1.54) is 0 Å². The number of hydrogen-bond acceptors (Lipinski definition) is 6. The lowest BCUT2D eigenvalue weighted by Gasteiger charge is -2.06. The smallest absolute Gasteiger partial charge is 0.237 e. The number of methoxy groups -OCH3 is 1. The summed E-state index contributed by atoms with van der Waals surface area (Å²) >= 11 is 1.59. The summed E-state index contributed by atoms with van der Waals surface area (Å²) in [6.07, 6.45) is 0. The quantitative estimate of drug-likeness (QED) is 0.372. The van der Waals surface area contributed by atoms with Crippen molar-refractivity contribution in [3.63, 3.8) is 0 Å². The fourth-order valence-corrected chi connectivity index (χ4v) is 3.77. The Hall–Kier alpha value is -2.71. The Morgan fingerprint density at radius 2 is 1.74 bits per heavy atom. The molecule has 2 heterocycles. The van der Waals surface area contributed by atoms with Gasteiger partial charge in [0, 0.05) is 12.3 Å². The summed E-state index contributed by atoms with van der Waals surface area (Å²) in [5, 5.41) is 18.8. The predicted molar refractivity (Wildman–Crippen MR) is 105 cm³/mol. The van der Waals surface area contributed by atoms with Gasteiger partial charge in [-0.25, -0.2) is 0 Å². The third-order valence-corrected chi connectivity index (χ3v) is 5.13. The molecule has 0 fully saturated rings. The summed E-state index contributed by atoms with van der Waals surface area (Å²) in [5.41, 5.74) is 2.07. The number of fused-ring (bicyclic) bond motifs is 3. The van der Waals surface area contributed by atoms with Crippen LogP contribution in [0.1, 0.15) is 0 Å². The van der Waals surface area contributed by atoms with Crippen LogP contribution in [0.3, 0.4) is 0 Å². The average molecular weight is 384 g/mol. The molecule has 4 aromatic rings. The molecule has 0 aliphatic heterocycles.